The molecule has 0 bridgehead atoms. The van der Waals surface area contributed by atoms with E-state index < -0.39 is 0 Å². The fourth-order valence-corrected chi connectivity index (χ4v) is 7.94. The van der Waals surface area contributed by atoms with Gasteiger partial charge in [-0.25, -0.2) is 15.0 Å². The van der Waals surface area contributed by atoms with E-state index in [1.54, 1.807) is 0 Å². The van der Waals surface area contributed by atoms with E-state index in [0.717, 1.165) is 84.0 Å². The van der Waals surface area contributed by atoms with E-state index in [1.165, 1.54) is 16.7 Å². The second-order valence-electron chi connectivity index (χ2n) is 13.9. The number of nitrogens with zero attached hydrogens (tertiary/aromatic N) is 6. The second kappa shape index (κ2) is 12.6. The summed E-state index contributed by atoms with van der Waals surface area (Å²) < 4.78 is 6.50. The van der Waals surface area contributed by atoms with Crippen LogP contribution in [0.3, 0.4) is 0 Å². The number of hydrogen-bond acceptors (Lipinski definition) is 3. The SMILES string of the molecule is Cn1c(-c2ccc(-c3cccc(-c4ccc(-c5nc6ccccc6n5C)cc4)c3-c3ccc(-c4nc5ccccc5n4C)cc3)cc2)nc2ccccc21. The second-order valence-corrected chi connectivity index (χ2v) is 13.9. The van der Waals surface area contributed by atoms with Crippen LogP contribution in [0.25, 0.3) is 101 Å². The van der Waals surface area contributed by atoms with Crippen molar-refractivity contribution in [1.82, 2.24) is 28.7 Å². The maximum absolute atomic E-state index is 4.97. The summed E-state index contributed by atoms with van der Waals surface area (Å²) in [6.07, 6.45) is 0. The Labute approximate surface area is 313 Å². The van der Waals surface area contributed by atoms with Gasteiger partial charge < -0.3 is 13.7 Å². The number of benzene rings is 7. The van der Waals surface area contributed by atoms with Crippen LogP contribution in [0.15, 0.2) is 164 Å². The summed E-state index contributed by atoms with van der Waals surface area (Å²) in [4.78, 5) is 14.9. The summed E-state index contributed by atoms with van der Waals surface area (Å²) in [6, 6.07) is 58.0. The van der Waals surface area contributed by atoms with Crippen LogP contribution in [0, 0.1) is 0 Å². The van der Waals surface area contributed by atoms with E-state index >= 15 is 0 Å². The van der Waals surface area contributed by atoms with Crippen LogP contribution in [-0.2, 0) is 21.1 Å². The number of imidazole rings is 3. The average molecular weight is 697 g/mol. The molecule has 0 aliphatic heterocycles. The summed E-state index contributed by atoms with van der Waals surface area (Å²) in [7, 11) is 6.25. The van der Waals surface area contributed by atoms with Gasteiger partial charge in [0.1, 0.15) is 17.5 Å². The van der Waals surface area contributed by atoms with Gasteiger partial charge in [-0.05, 0) is 69.8 Å². The highest BCUT2D eigenvalue weighted by Crippen LogP contribution is 2.42. The largest absolute Gasteiger partial charge is 0.327 e. The zero-order valence-corrected chi connectivity index (χ0v) is 30.3. The van der Waals surface area contributed by atoms with Crippen LogP contribution in [0.2, 0.25) is 0 Å². The normalized spacial score (nSPS) is 11.6. The van der Waals surface area contributed by atoms with Gasteiger partial charge in [0.25, 0.3) is 0 Å². The minimum atomic E-state index is 0.950. The Balaban J connectivity index is 1.08. The molecule has 0 aliphatic carbocycles. The number of aryl methyl sites for hydroxylation is 3. The van der Waals surface area contributed by atoms with E-state index in [-0.39, 0.29) is 0 Å². The van der Waals surface area contributed by atoms with Crippen LogP contribution in [0.5, 0.6) is 0 Å². The molecule has 0 aliphatic rings. The molecule has 0 saturated heterocycles. The number of para-hydroxylation sites is 6. The summed E-state index contributed by atoms with van der Waals surface area (Å²) in [5, 5.41) is 0. The lowest BCUT2D eigenvalue weighted by molar-refractivity contribution is 0.959. The fourth-order valence-electron chi connectivity index (χ4n) is 7.94. The van der Waals surface area contributed by atoms with Crippen molar-refractivity contribution >= 4 is 33.1 Å². The number of hydrogen-bond donors (Lipinski definition) is 0. The van der Waals surface area contributed by atoms with Gasteiger partial charge in [0, 0.05) is 37.8 Å². The molecule has 0 atom stereocenters. The zero-order chi connectivity index (χ0) is 36.3. The summed E-state index contributed by atoms with van der Waals surface area (Å²) in [5.74, 6) is 2.86. The maximum atomic E-state index is 4.97. The first kappa shape index (κ1) is 31.7. The highest BCUT2D eigenvalue weighted by Gasteiger charge is 2.18. The molecule has 0 radical (unpaired) electrons. The number of aromatic nitrogens is 6. The van der Waals surface area contributed by atoms with Gasteiger partial charge in [0.2, 0.25) is 0 Å². The van der Waals surface area contributed by atoms with Crippen LogP contribution < -0.4 is 0 Å². The highest BCUT2D eigenvalue weighted by atomic mass is 15.1. The van der Waals surface area contributed by atoms with E-state index in [2.05, 4.69) is 180 Å². The molecule has 0 amide bonds. The molecule has 0 N–H and O–H groups in total. The van der Waals surface area contributed by atoms with Crippen LogP contribution >= 0.6 is 0 Å². The predicted molar refractivity (Wildman–Crippen MR) is 222 cm³/mol. The van der Waals surface area contributed by atoms with Gasteiger partial charge in [-0.1, -0.05) is 127 Å². The lowest BCUT2D eigenvalue weighted by atomic mass is 9.87. The zero-order valence-electron chi connectivity index (χ0n) is 30.3. The molecule has 3 aromatic heterocycles. The predicted octanol–water partition coefficient (Wildman–Crippen LogP) is 11.3. The van der Waals surface area contributed by atoms with Crippen molar-refractivity contribution in [2.45, 2.75) is 0 Å². The van der Waals surface area contributed by atoms with E-state index in [4.69, 9.17) is 15.0 Å². The molecular weight excluding hydrogens is 661 g/mol. The Bertz CT molecular complexity index is 2860. The van der Waals surface area contributed by atoms with Gasteiger partial charge in [0.05, 0.1) is 33.1 Å². The van der Waals surface area contributed by atoms with Crippen molar-refractivity contribution in [3.8, 4) is 67.5 Å². The van der Waals surface area contributed by atoms with Crippen LogP contribution in [-0.4, -0.2) is 28.7 Å². The monoisotopic (exact) mass is 696 g/mol. The number of rotatable bonds is 6. The van der Waals surface area contributed by atoms with Crippen molar-refractivity contribution in [2.75, 3.05) is 0 Å². The lowest BCUT2D eigenvalue weighted by Crippen LogP contribution is -1.95. The van der Waals surface area contributed by atoms with E-state index in [1.807, 2.05) is 18.2 Å². The molecule has 0 fully saturated rings. The molecule has 10 aromatic rings. The third kappa shape index (κ3) is 5.14. The molecule has 0 unspecified atom stereocenters. The molecule has 0 spiro atoms. The van der Waals surface area contributed by atoms with E-state index in [0.29, 0.717) is 0 Å². The first-order valence-electron chi connectivity index (χ1n) is 18.2. The smallest absolute Gasteiger partial charge is 0.140 e. The minimum Gasteiger partial charge on any atom is -0.327 e. The van der Waals surface area contributed by atoms with Crippen molar-refractivity contribution in [3.05, 3.63) is 164 Å². The molecule has 6 nitrogen and oxygen atoms in total. The van der Waals surface area contributed by atoms with Crippen molar-refractivity contribution in [2.24, 2.45) is 21.1 Å². The van der Waals surface area contributed by atoms with Gasteiger partial charge in [-0.3, -0.25) is 0 Å². The van der Waals surface area contributed by atoms with Gasteiger partial charge in [-0.15, -0.1) is 0 Å². The molecule has 54 heavy (non-hydrogen) atoms. The van der Waals surface area contributed by atoms with Gasteiger partial charge >= 0.3 is 0 Å². The fraction of sp³-hybridized carbons (Fsp3) is 0.0625. The van der Waals surface area contributed by atoms with Crippen LogP contribution in [0.1, 0.15) is 0 Å². The summed E-state index contributed by atoms with van der Waals surface area (Å²) >= 11 is 0. The lowest BCUT2D eigenvalue weighted by Gasteiger charge is -2.17. The molecule has 7 aromatic carbocycles. The highest BCUT2D eigenvalue weighted by molar-refractivity contribution is 5.96. The van der Waals surface area contributed by atoms with Crippen LogP contribution in [0.4, 0.5) is 0 Å². The van der Waals surface area contributed by atoms with Crippen molar-refractivity contribution < 1.29 is 0 Å². The molecular formula is C48H36N6. The Morgan fingerprint density at radius 1 is 0.296 bits per heavy atom. The van der Waals surface area contributed by atoms with Gasteiger partial charge in [0.15, 0.2) is 0 Å². The molecule has 0 saturated carbocycles. The third-order valence-electron chi connectivity index (χ3n) is 10.8. The molecule has 258 valence electrons. The number of fused-ring (bicyclic) bond motifs is 3. The Kier molecular flexibility index (Phi) is 7.37. The first-order valence-corrected chi connectivity index (χ1v) is 18.2. The Morgan fingerprint density at radius 2 is 0.593 bits per heavy atom. The molecule has 10 rings (SSSR count). The Morgan fingerprint density at radius 3 is 0.926 bits per heavy atom. The maximum Gasteiger partial charge on any atom is 0.140 e. The first-order chi connectivity index (χ1) is 26.5. The van der Waals surface area contributed by atoms with Crippen molar-refractivity contribution in [3.63, 3.8) is 0 Å². The molecule has 6 heteroatoms. The summed E-state index contributed by atoms with van der Waals surface area (Å²) in [5.41, 5.74) is 16.5. The quantitative estimate of drug-likeness (QED) is 0.174. The Hall–Kier alpha value is -7.05. The average Bonchev–Trinajstić information content (AvgIpc) is 3.88. The minimum absolute atomic E-state index is 0.950. The summed E-state index contributed by atoms with van der Waals surface area (Å²) in [6.45, 7) is 0. The van der Waals surface area contributed by atoms with Crippen molar-refractivity contribution in [1.29, 1.82) is 0 Å². The van der Waals surface area contributed by atoms with E-state index in [9.17, 15) is 0 Å². The third-order valence-corrected chi connectivity index (χ3v) is 10.8. The molecule has 3 heterocycles. The topological polar surface area (TPSA) is 53.5 Å². The van der Waals surface area contributed by atoms with Gasteiger partial charge in [-0.2, -0.15) is 0 Å². The standard InChI is InChI=1S/C48H36N6/c1-52-42-16-7-4-13-39(42)49-46(52)34-25-19-31(20-26-34)37-11-10-12-38(32-21-27-35(28-22-32)47-50-40-14-5-8-17-43(40)53(47)2)45(37)33-23-29-36(30-24-33)48-51-41-15-6-9-18-44(41)54(48)3/h4-30H,1-3H3.